The van der Waals surface area contributed by atoms with Crippen molar-refractivity contribution in [3.8, 4) is 0 Å². The molecule has 88 valence electrons. The van der Waals surface area contributed by atoms with E-state index in [2.05, 4.69) is 30.9 Å². The van der Waals surface area contributed by atoms with E-state index in [0.717, 1.165) is 25.4 Å². The van der Waals surface area contributed by atoms with E-state index in [1.165, 1.54) is 5.56 Å². The van der Waals surface area contributed by atoms with E-state index in [1.54, 1.807) is 0 Å². The molecule has 2 atom stereocenters. The second kappa shape index (κ2) is 4.85. The van der Waals surface area contributed by atoms with E-state index in [0.29, 0.717) is 12.1 Å². The van der Waals surface area contributed by atoms with Gasteiger partial charge in [-0.1, -0.05) is 12.1 Å². The molecule has 2 unspecified atom stereocenters. The normalized spacial score (nSPS) is 24.2. The Morgan fingerprint density at radius 3 is 2.69 bits per heavy atom. The van der Waals surface area contributed by atoms with Crippen LogP contribution in [0.4, 0.5) is 5.69 Å². The van der Waals surface area contributed by atoms with Gasteiger partial charge in [0.05, 0.1) is 13.2 Å². The van der Waals surface area contributed by atoms with Crippen molar-refractivity contribution < 1.29 is 4.74 Å². The van der Waals surface area contributed by atoms with Crippen molar-refractivity contribution in [3.05, 3.63) is 29.8 Å². The molecule has 2 N–H and O–H groups in total. The van der Waals surface area contributed by atoms with E-state index < -0.39 is 0 Å². The predicted molar refractivity (Wildman–Crippen MR) is 66.3 cm³/mol. The lowest BCUT2D eigenvalue weighted by molar-refractivity contribution is -0.0190. The molecule has 0 amide bonds. The molecule has 0 spiro atoms. The molecule has 1 aromatic carbocycles. The second-order valence-corrected chi connectivity index (χ2v) is 4.50. The average molecular weight is 220 g/mol. The van der Waals surface area contributed by atoms with Crippen LogP contribution in [0.3, 0.4) is 0 Å². The smallest absolute Gasteiger partial charge is 0.0620 e. The Morgan fingerprint density at radius 1 is 1.38 bits per heavy atom. The Kier molecular flexibility index (Phi) is 3.46. The third kappa shape index (κ3) is 2.36. The van der Waals surface area contributed by atoms with Crippen molar-refractivity contribution >= 4 is 5.69 Å². The van der Waals surface area contributed by atoms with Gasteiger partial charge in [-0.25, -0.2) is 0 Å². The molecular weight excluding hydrogens is 200 g/mol. The van der Waals surface area contributed by atoms with Crippen molar-refractivity contribution in [1.82, 2.24) is 4.90 Å². The number of nitrogens with two attached hydrogens (primary N) is 1. The van der Waals surface area contributed by atoms with Crippen LogP contribution in [-0.2, 0) is 4.74 Å². The van der Waals surface area contributed by atoms with Gasteiger partial charge in [0.15, 0.2) is 0 Å². The molecule has 3 heteroatoms. The fourth-order valence-corrected chi connectivity index (χ4v) is 2.28. The summed E-state index contributed by atoms with van der Waals surface area (Å²) in [5, 5.41) is 0. The highest BCUT2D eigenvalue weighted by atomic mass is 16.5. The van der Waals surface area contributed by atoms with Gasteiger partial charge in [-0.3, -0.25) is 4.90 Å². The molecule has 1 heterocycles. The molecule has 1 aliphatic heterocycles. The minimum Gasteiger partial charge on any atom is -0.399 e. The zero-order chi connectivity index (χ0) is 11.5. The van der Waals surface area contributed by atoms with Crippen molar-refractivity contribution in [2.24, 2.45) is 0 Å². The van der Waals surface area contributed by atoms with Gasteiger partial charge in [-0.05, 0) is 31.5 Å². The van der Waals surface area contributed by atoms with Crippen LogP contribution in [-0.4, -0.2) is 30.7 Å². The van der Waals surface area contributed by atoms with Gasteiger partial charge in [0.2, 0.25) is 0 Å². The van der Waals surface area contributed by atoms with E-state index in [4.69, 9.17) is 10.5 Å². The number of nitrogens with zero attached hydrogens (tertiary/aromatic N) is 1. The maximum atomic E-state index is 5.70. The third-order valence-electron chi connectivity index (χ3n) is 3.34. The molecule has 0 bridgehead atoms. The van der Waals surface area contributed by atoms with Crippen LogP contribution < -0.4 is 5.73 Å². The SMILES string of the molecule is CC1COCCN1C(C)c1ccc(N)cc1. The Bertz CT molecular complexity index is 336. The van der Waals surface area contributed by atoms with Gasteiger partial charge < -0.3 is 10.5 Å². The lowest BCUT2D eigenvalue weighted by Gasteiger charge is -2.38. The number of anilines is 1. The Morgan fingerprint density at radius 2 is 2.06 bits per heavy atom. The van der Waals surface area contributed by atoms with Crippen molar-refractivity contribution in [3.63, 3.8) is 0 Å². The Balaban J connectivity index is 2.11. The fraction of sp³-hybridized carbons (Fsp3) is 0.538. The van der Waals surface area contributed by atoms with Crippen LogP contribution in [0.15, 0.2) is 24.3 Å². The fourth-order valence-electron chi connectivity index (χ4n) is 2.28. The maximum Gasteiger partial charge on any atom is 0.0620 e. The topological polar surface area (TPSA) is 38.5 Å². The standard InChI is InChI=1S/C13H20N2O/c1-10-9-16-8-7-15(10)11(2)12-3-5-13(14)6-4-12/h3-6,10-11H,7-9,14H2,1-2H3. The highest BCUT2D eigenvalue weighted by Crippen LogP contribution is 2.24. The zero-order valence-corrected chi connectivity index (χ0v) is 10.0. The number of morpholine rings is 1. The largest absolute Gasteiger partial charge is 0.399 e. The lowest BCUT2D eigenvalue weighted by Crippen LogP contribution is -2.44. The number of hydrogen-bond acceptors (Lipinski definition) is 3. The molecule has 1 fully saturated rings. The van der Waals surface area contributed by atoms with Gasteiger partial charge in [-0.15, -0.1) is 0 Å². The first kappa shape index (κ1) is 11.4. The van der Waals surface area contributed by atoms with Gasteiger partial charge in [0, 0.05) is 24.3 Å². The number of rotatable bonds is 2. The summed E-state index contributed by atoms with van der Waals surface area (Å²) in [6.07, 6.45) is 0. The molecule has 0 aromatic heterocycles. The van der Waals surface area contributed by atoms with E-state index in [9.17, 15) is 0 Å². The highest BCUT2D eigenvalue weighted by Gasteiger charge is 2.24. The van der Waals surface area contributed by atoms with Crippen LogP contribution in [0.2, 0.25) is 0 Å². The molecule has 0 saturated carbocycles. The molecule has 1 aromatic rings. The summed E-state index contributed by atoms with van der Waals surface area (Å²) < 4.78 is 5.46. The minimum absolute atomic E-state index is 0.430. The number of nitrogen functional groups attached to an aromatic ring is 1. The summed E-state index contributed by atoms with van der Waals surface area (Å²) in [7, 11) is 0. The van der Waals surface area contributed by atoms with E-state index in [1.807, 2.05) is 12.1 Å². The van der Waals surface area contributed by atoms with Crippen LogP contribution in [0.5, 0.6) is 0 Å². The molecule has 0 radical (unpaired) electrons. The van der Waals surface area contributed by atoms with Crippen molar-refractivity contribution in [2.75, 3.05) is 25.5 Å². The van der Waals surface area contributed by atoms with Gasteiger partial charge in [0.1, 0.15) is 0 Å². The first-order valence-electron chi connectivity index (χ1n) is 5.87. The van der Waals surface area contributed by atoms with Crippen LogP contribution in [0.1, 0.15) is 25.5 Å². The summed E-state index contributed by atoms with van der Waals surface area (Å²) in [6.45, 7) is 7.13. The van der Waals surface area contributed by atoms with E-state index >= 15 is 0 Å². The van der Waals surface area contributed by atoms with E-state index in [-0.39, 0.29) is 0 Å². The molecule has 3 nitrogen and oxygen atoms in total. The third-order valence-corrected chi connectivity index (χ3v) is 3.34. The number of benzene rings is 1. The minimum atomic E-state index is 0.430. The average Bonchev–Trinajstić information content (AvgIpc) is 2.30. The monoisotopic (exact) mass is 220 g/mol. The second-order valence-electron chi connectivity index (χ2n) is 4.50. The summed E-state index contributed by atoms with van der Waals surface area (Å²) in [5.74, 6) is 0. The summed E-state index contributed by atoms with van der Waals surface area (Å²) >= 11 is 0. The summed E-state index contributed by atoms with van der Waals surface area (Å²) in [5.41, 5.74) is 7.85. The zero-order valence-electron chi connectivity index (χ0n) is 10.0. The van der Waals surface area contributed by atoms with Crippen LogP contribution in [0.25, 0.3) is 0 Å². The number of ether oxygens (including phenoxy) is 1. The Labute approximate surface area is 97.2 Å². The Hall–Kier alpha value is -1.06. The van der Waals surface area contributed by atoms with Crippen LogP contribution >= 0.6 is 0 Å². The quantitative estimate of drug-likeness (QED) is 0.775. The van der Waals surface area contributed by atoms with Crippen molar-refractivity contribution in [2.45, 2.75) is 25.9 Å². The van der Waals surface area contributed by atoms with Gasteiger partial charge >= 0.3 is 0 Å². The van der Waals surface area contributed by atoms with Crippen molar-refractivity contribution in [1.29, 1.82) is 0 Å². The van der Waals surface area contributed by atoms with Gasteiger partial charge in [-0.2, -0.15) is 0 Å². The first-order chi connectivity index (χ1) is 7.68. The molecule has 1 saturated heterocycles. The molecule has 2 rings (SSSR count). The number of hydrogen-bond donors (Lipinski definition) is 1. The molecular formula is C13H20N2O. The molecule has 0 aliphatic carbocycles. The van der Waals surface area contributed by atoms with Gasteiger partial charge in [0.25, 0.3) is 0 Å². The first-order valence-corrected chi connectivity index (χ1v) is 5.87. The predicted octanol–water partition coefficient (Wildman–Crippen LogP) is 2.05. The summed E-state index contributed by atoms with van der Waals surface area (Å²) in [6, 6.07) is 9.08. The molecule has 1 aliphatic rings. The highest BCUT2D eigenvalue weighted by molar-refractivity contribution is 5.40. The summed E-state index contributed by atoms with van der Waals surface area (Å²) in [4.78, 5) is 2.48. The lowest BCUT2D eigenvalue weighted by atomic mass is 10.0. The van der Waals surface area contributed by atoms with Crippen LogP contribution in [0, 0.1) is 0 Å². The molecule has 16 heavy (non-hydrogen) atoms. The maximum absolute atomic E-state index is 5.70.